The highest BCUT2D eigenvalue weighted by atomic mass is 16.5. The van der Waals surface area contributed by atoms with Gasteiger partial charge in [0.1, 0.15) is 11.5 Å². The number of methoxy groups -OCH3 is 1. The zero-order valence-electron chi connectivity index (χ0n) is 16.3. The molecule has 148 valence electrons. The summed E-state index contributed by atoms with van der Waals surface area (Å²) in [5.41, 5.74) is 2.01. The summed E-state index contributed by atoms with van der Waals surface area (Å²) in [6.07, 6.45) is 0. The van der Waals surface area contributed by atoms with E-state index in [0.29, 0.717) is 17.0 Å². The van der Waals surface area contributed by atoms with Gasteiger partial charge in [0.05, 0.1) is 7.11 Å². The Morgan fingerprint density at radius 1 is 0.862 bits per heavy atom. The minimum Gasteiger partial charge on any atom is -0.497 e. The molecule has 0 radical (unpaired) electrons. The molecule has 6 nitrogen and oxygen atoms in total. The lowest BCUT2D eigenvalue weighted by Gasteiger charge is -2.18. The molecule has 0 aliphatic rings. The van der Waals surface area contributed by atoms with E-state index in [1.54, 1.807) is 79.7 Å². The number of hydrogen-bond donors (Lipinski definition) is 1. The second-order valence-electron chi connectivity index (χ2n) is 6.29. The largest absolute Gasteiger partial charge is 0.497 e. The number of hydrogen-bond acceptors (Lipinski definition) is 4. The fourth-order valence-corrected chi connectivity index (χ4v) is 2.68. The van der Waals surface area contributed by atoms with E-state index in [9.17, 15) is 9.59 Å². The van der Waals surface area contributed by atoms with Gasteiger partial charge in [0.15, 0.2) is 6.61 Å². The molecular weight excluding hydrogens is 368 g/mol. The number of ether oxygens (including phenoxy) is 2. The van der Waals surface area contributed by atoms with Crippen molar-refractivity contribution in [2.45, 2.75) is 0 Å². The quantitative estimate of drug-likeness (QED) is 0.662. The minimum absolute atomic E-state index is 0.0989. The molecule has 0 bridgehead atoms. The molecule has 0 aliphatic carbocycles. The maximum Gasteiger partial charge on any atom is 0.262 e. The van der Waals surface area contributed by atoms with Crippen LogP contribution in [0, 0.1) is 0 Å². The second-order valence-corrected chi connectivity index (χ2v) is 6.29. The lowest BCUT2D eigenvalue weighted by molar-refractivity contribution is -0.118. The summed E-state index contributed by atoms with van der Waals surface area (Å²) in [7, 11) is 3.30. The van der Waals surface area contributed by atoms with Crippen molar-refractivity contribution in [3.8, 4) is 11.5 Å². The summed E-state index contributed by atoms with van der Waals surface area (Å²) in [6, 6.07) is 23.1. The minimum atomic E-state index is -0.268. The van der Waals surface area contributed by atoms with Gasteiger partial charge >= 0.3 is 0 Å². The fraction of sp³-hybridized carbons (Fsp3) is 0.130. The molecular formula is C23H22N2O4. The van der Waals surface area contributed by atoms with Gasteiger partial charge in [-0.2, -0.15) is 0 Å². The number of rotatable bonds is 7. The zero-order valence-corrected chi connectivity index (χ0v) is 16.3. The van der Waals surface area contributed by atoms with Crippen molar-refractivity contribution in [2.24, 2.45) is 0 Å². The van der Waals surface area contributed by atoms with Gasteiger partial charge < -0.3 is 19.7 Å². The summed E-state index contributed by atoms with van der Waals surface area (Å²) in [6.45, 7) is -0.121. The van der Waals surface area contributed by atoms with Crippen LogP contribution in [0.5, 0.6) is 11.5 Å². The third-order valence-corrected chi connectivity index (χ3v) is 4.29. The Balaban J connectivity index is 1.53. The van der Waals surface area contributed by atoms with Crippen LogP contribution < -0.4 is 19.7 Å². The van der Waals surface area contributed by atoms with E-state index in [1.165, 1.54) is 0 Å². The molecule has 0 fully saturated rings. The van der Waals surface area contributed by atoms with Gasteiger partial charge in [0.25, 0.3) is 11.8 Å². The topological polar surface area (TPSA) is 67.9 Å². The predicted octanol–water partition coefficient (Wildman–Crippen LogP) is 3.99. The molecule has 0 spiro atoms. The van der Waals surface area contributed by atoms with Crippen LogP contribution in [0.1, 0.15) is 10.4 Å². The number of carbonyl (C=O) groups is 2. The van der Waals surface area contributed by atoms with Crippen LogP contribution in [0.4, 0.5) is 11.4 Å². The standard InChI is InChI=1S/C23H22N2O4/c1-25(23(27)17-6-4-3-5-7-17)19-10-14-21(15-11-19)29-16-22(26)24-18-8-12-20(28-2)13-9-18/h3-15H,16H2,1-2H3,(H,24,26). The van der Waals surface area contributed by atoms with Crippen LogP contribution in [-0.2, 0) is 4.79 Å². The van der Waals surface area contributed by atoms with Crippen LogP contribution in [-0.4, -0.2) is 32.6 Å². The van der Waals surface area contributed by atoms with Crippen molar-refractivity contribution in [2.75, 3.05) is 31.0 Å². The van der Waals surface area contributed by atoms with Crippen molar-refractivity contribution in [1.29, 1.82) is 0 Å². The van der Waals surface area contributed by atoms with Gasteiger partial charge in [-0.1, -0.05) is 18.2 Å². The van der Waals surface area contributed by atoms with Gasteiger partial charge in [-0.25, -0.2) is 0 Å². The molecule has 29 heavy (non-hydrogen) atoms. The Morgan fingerprint density at radius 3 is 2.10 bits per heavy atom. The van der Waals surface area contributed by atoms with Crippen molar-refractivity contribution in [3.05, 3.63) is 84.4 Å². The molecule has 3 rings (SSSR count). The van der Waals surface area contributed by atoms with E-state index in [-0.39, 0.29) is 18.4 Å². The number of amides is 2. The smallest absolute Gasteiger partial charge is 0.262 e. The first-order valence-corrected chi connectivity index (χ1v) is 9.06. The molecule has 0 saturated heterocycles. The van der Waals surface area contributed by atoms with E-state index in [2.05, 4.69) is 5.32 Å². The van der Waals surface area contributed by atoms with Crippen LogP contribution >= 0.6 is 0 Å². The monoisotopic (exact) mass is 390 g/mol. The second kappa shape index (κ2) is 9.41. The summed E-state index contributed by atoms with van der Waals surface area (Å²) < 4.78 is 10.6. The Hall–Kier alpha value is -3.80. The van der Waals surface area contributed by atoms with Crippen molar-refractivity contribution < 1.29 is 19.1 Å². The SMILES string of the molecule is COc1ccc(NC(=O)COc2ccc(N(C)C(=O)c3ccccc3)cc2)cc1. The highest BCUT2D eigenvalue weighted by Gasteiger charge is 2.13. The Kier molecular flexibility index (Phi) is 6.47. The lowest BCUT2D eigenvalue weighted by Crippen LogP contribution is -2.26. The maximum atomic E-state index is 12.5. The maximum absolute atomic E-state index is 12.5. The molecule has 0 atom stereocenters. The van der Waals surface area contributed by atoms with Crippen molar-refractivity contribution in [1.82, 2.24) is 0 Å². The predicted molar refractivity (Wildman–Crippen MR) is 113 cm³/mol. The molecule has 0 heterocycles. The number of benzene rings is 3. The average Bonchev–Trinajstić information content (AvgIpc) is 2.78. The first-order chi connectivity index (χ1) is 14.1. The zero-order chi connectivity index (χ0) is 20.6. The first kappa shape index (κ1) is 19.9. The van der Waals surface area contributed by atoms with Gasteiger partial charge in [-0.15, -0.1) is 0 Å². The molecule has 0 saturated carbocycles. The number of nitrogens with zero attached hydrogens (tertiary/aromatic N) is 1. The molecule has 0 aromatic heterocycles. The summed E-state index contributed by atoms with van der Waals surface area (Å²) >= 11 is 0. The fourth-order valence-electron chi connectivity index (χ4n) is 2.68. The van der Waals surface area contributed by atoms with Gasteiger partial charge in [0.2, 0.25) is 0 Å². The number of carbonyl (C=O) groups excluding carboxylic acids is 2. The Labute approximate surface area is 169 Å². The van der Waals surface area contributed by atoms with E-state index in [0.717, 1.165) is 11.4 Å². The lowest BCUT2D eigenvalue weighted by atomic mass is 10.2. The summed E-state index contributed by atoms with van der Waals surface area (Å²) in [5.74, 6) is 0.892. The van der Waals surface area contributed by atoms with Crippen LogP contribution in [0.15, 0.2) is 78.9 Å². The molecule has 1 N–H and O–H groups in total. The molecule has 6 heteroatoms. The van der Waals surface area contributed by atoms with Gasteiger partial charge in [0, 0.05) is 24.0 Å². The van der Waals surface area contributed by atoms with Crippen molar-refractivity contribution in [3.63, 3.8) is 0 Å². The normalized spacial score (nSPS) is 10.1. The highest BCUT2D eigenvalue weighted by molar-refractivity contribution is 6.05. The van der Waals surface area contributed by atoms with E-state index < -0.39 is 0 Å². The third kappa shape index (κ3) is 5.35. The molecule has 0 aliphatic heterocycles. The Bertz CT molecular complexity index is 954. The van der Waals surface area contributed by atoms with Gasteiger partial charge in [-0.3, -0.25) is 9.59 Å². The third-order valence-electron chi connectivity index (χ3n) is 4.29. The molecule has 3 aromatic carbocycles. The first-order valence-electron chi connectivity index (χ1n) is 9.06. The van der Waals surface area contributed by atoms with Crippen LogP contribution in [0.3, 0.4) is 0 Å². The highest BCUT2D eigenvalue weighted by Crippen LogP contribution is 2.20. The van der Waals surface area contributed by atoms with Gasteiger partial charge in [-0.05, 0) is 60.7 Å². The van der Waals surface area contributed by atoms with E-state index in [1.807, 2.05) is 18.2 Å². The van der Waals surface area contributed by atoms with E-state index in [4.69, 9.17) is 9.47 Å². The van der Waals surface area contributed by atoms with Crippen LogP contribution in [0.25, 0.3) is 0 Å². The molecule has 3 aromatic rings. The average molecular weight is 390 g/mol. The molecule has 2 amide bonds. The molecule has 0 unspecified atom stereocenters. The number of anilines is 2. The Morgan fingerprint density at radius 2 is 1.48 bits per heavy atom. The summed E-state index contributed by atoms with van der Waals surface area (Å²) in [4.78, 5) is 26.1. The summed E-state index contributed by atoms with van der Waals surface area (Å²) in [5, 5.41) is 2.75. The van der Waals surface area contributed by atoms with Crippen LogP contribution in [0.2, 0.25) is 0 Å². The van der Waals surface area contributed by atoms with E-state index >= 15 is 0 Å². The number of nitrogens with one attached hydrogen (secondary N) is 1. The van der Waals surface area contributed by atoms with Crippen molar-refractivity contribution >= 4 is 23.2 Å².